The molecular weight excluding hydrogens is 303 g/mol. The maximum Gasteiger partial charge on any atom is 1.00 e. The van der Waals surface area contributed by atoms with Crippen LogP contribution in [0.25, 0.3) is 0 Å². The molecule has 0 aromatic rings. The van der Waals surface area contributed by atoms with E-state index in [4.69, 9.17) is 4.55 Å². The molecule has 0 amide bonds. The Morgan fingerprint density at radius 3 is 1.62 bits per heavy atom. The summed E-state index contributed by atoms with van der Waals surface area (Å²) < 4.78 is 29.3. The molecule has 6 heteroatoms. The molecule has 0 saturated carbocycles. The van der Waals surface area contributed by atoms with Gasteiger partial charge in [0.2, 0.25) is 0 Å². The number of halogens is 1. The van der Waals surface area contributed by atoms with Crippen LogP contribution in [0.4, 0.5) is 0 Å². The molecule has 1 N–H and O–H groups in total. The molecule has 94 valence electrons. The Morgan fingerprint density at radius 2 is 1.25 bits per heavy atom. The van der Waals surface area contributed by atoms with Gasteiger partial charge in [0.05, 0.1) is 5.75 Å². The zero-order valence-electron chi connectivity index (χ0n) is 11.1. The van der Waals surface area contributed by atoms with Gasteiger partial charge in [-0.1, -0.05) is 54.5 Å². The standard InChI is InChI=1S/C10H21BrO3S.Na.H/c11-9-7-5-3-1-2-4-6-8-10-15(12,13)14;;/h1-10H2,(H,12,13,14);;/q;+1;-1. The normalized spacial score (nSPS) is 11.1. The Hall–Kier alpha value is 1.39. The first-order chi connectivity index (χ1) is 7.06. The fourth-order valence-electron chi connectivity index (χ4n) is 1.44. The van der Waals surface area contributed by atoms with Crippen molar-refractivity contribution in [3.63, 3.8) is 0 Å². The first-order valence-corrected chi connectivity index (χ1v) is 8.30. The molecule has 0 saturated heterocycles. The van der Waals surface area contributed by atoms with E-state index in [1.165, 1.54) is 32.1 Å². The monoisotopic (exact) mass is 324 g/mol. The number of unbranched alkanes of at least 4 members (excludes halogenated alkanes) is 7. The van der Waals surface area contributed by atoms with Gasteiger partial charge >= 0.3 is 29.6 Å². The van der Waals surface area contributed by atoms with Gasteiger partial charge in [0, 0.05) is 5.33 Å². The second kappa shape index (κ2) is 12.8. The molecule has 0 rings (SSSR count). The van der Waals surface area contributed by atoms with E-state index in [2.05, 4.69) is 15.9 Å². The molecule has 0 aliphatic rings. The topological polar surface area (TPSA) is 54.4 Å². The van der Waals surface area contributed by atoms with Gasteiger partial charge < -0.3 is 1.43 Å². The Kier molecular flexibility index (Phi) is 15.8. The van der Waals surface area contributed by atoms with Crippen molar-refractivity contribution in [3.05, 3.63) is 0 Å². The van der Waals surface area contributed by atoms with E-state index in [-0.39, 0.29) is 36.7 Å². The van der Waals surface area contributed by atoms with Gasteiger partial charge in [0.25, 0.3) is 10.1 Å². The van der Waals surface area contributed by atoms with Crippen molar-refractivity contribution in [2.75, 3.05) is 11.1 Å². The van der Waals surface area contributed by atoms with Gasteiger partial charge in [-0.2, -0.15) is 8.42 Å². The van der Waals surface area contributed by atoms with Crippen LogP contribution in [0.1, 0.15) is 52.8 Å². The summed E-state index contributed by atoms with van der Waals surface area (Å²) in [6, 6.07) is 0. The third kappa shape index (κ3) is 17.8. The average Bonchev–Trinajstić information content (AvgIpc) is 2.14. The van der Waals surface area contributed by atoms with E-state index < -0.39 is 10.1 Å². The van der Waals surface area contributed by atoms with Crippen LogP contribution in [0, 0.1) is 0 Å². The summed E-state index contributed by atoms with van der Waals surface area (Å²) in [7, 11) is -3.73. The van der Waals surface area contributed by atoms with Gasteiger partial charge in [-0.05, 0) is 12.8 Å². The largest absolute Gasteiger partial charge is 1.00 e. The fourth-order valence-corrected chi connectivity index (χ4v) is 2.41. The zero-order chi connectivity index (χ0) is 11.6. The van der Waals surface area contributed by atoms with E-state index in [1.54, 1.807) is 0 Å². The summed E-state index contributed by atoms with van der Waals surface area (Å²) in [6.07, 6.45) is 8.75. The maximum atomic E-state index is 10.4. The second-order valence-electron chi connectivity index (χ2n) is 3.80. The van der Waals surface area contributed by atoms with E-state index in [0.717, 1.165) is 18.2 Å². The first-order valence-electron chi connectivity index (χ1n) is 5.57. The molecule has 0 fully saturated rings. The summed E-state index contributed by atoms with van der Waals surface area (Å²) >= 11 is 3.39. The Balaban J connectivity index is -0.000000980. The average molecular weight is 325 g/mol. The van der Waals surface area contributed by atoms with Crippen molar-refractivity contribution in [1.82, 2.24) is 0 Å². The van der Waals surface area contributed by atoms with Crippen molar-refractivity contribution < 1.29 is 44.0 Å². The molecule has 0 aromatic carbocycles. The van der Waals surface area contributed by atoms with E-state index in [1.807, 2.05) is 0 Å². The first kappa shape index (κ1) is 19.7. The number of hydrogen-bond donors (Lipinski definition) is 1. The maximum absolute atomic E-state index is 10.4. The van der Waals surface area contributed by atoms with Gasteiger partial charge in [0.15, 0.2) is 0 Å². The fraction of sp³-hybridized carbons (Fsp3) is 1.00. The molecule has 0 aromatic heterocycles. The molecular formula is C10H22BrNaO3S. The van der Waals surface area contributed by atoms with Crippen LogP contribution < -0.4 is 29.6 Å². The Labute approximate surface area is 131 Å². The number of rotatable bonds is 10. The van der Waals surface area contributed by atoms with Crippen molar-refractivity contribution in [3.8, 4) is 0 Å². The summed E-state index contributed by atoms with van der Waals surface area (Å²) in [5.41, 5.74) is 0. The van der Waals surface area contributed by atoms with Crippen LogP contribution in [-0.2, 0) is 10.1 Å². The minimum atomic E-state index is -3.73. The Morgan fingerprint density at radius 1 is 0.875 bits per heavy atom. The van der Waals surface area contributed by atoms with Crippen LogP contribution in [0.2, 0.25) is 0 Å². The molecule has 16 heavy (non-hydrogen) atoms. The van der Waals surface area contributed by atoms with Gasteiger partial charge in [-0.15, -0.1) is 0 Å². The predicted molar refractivity (Wildman–Crippen MR) is 68.3 cm³/mol. The van der Waals surface area contributed by atoms with Crippen LogP contribution in [0.5, 0.6) is 0 Å². The quantitative estimate of drug-likeness (QED) is 0.276. The third-order valence-corrected chi connectivity index (χ3v) is 3.65. The third-order valence-electron chi connectivity index (χ3n) is 2.29. The molecule has 0 spiro atoms. The number of alkyl halides is 1. The molecule has 0 radical (unpaired) electrons. The van der Waals surface area contributed by atoms with E-state index in [9.17, 15) is 8.42 Å². The Bertz CT molecular complexity index is 238. The second-order valence-corrected chi connectivity index (χ2v) is 6.17. The molecule has 0 aliphatic carbocycles. The zero-order valence-corrected chi connectivity index (χ0v) is 14.5. The van der Waals surface area contributed by atoms with Crippen LogP contribution in [0.15, 0.2) is 0 Å². The van der Waals surface area contributed by atoms with Crippen LogP contribution in [0.3, 0.4) is 0 Å². The molecule has 3 nitrogen and oxygen atoms in total. The molecule has 0 aliphatic heterocycles. The van der Waals surface area contributed by atoms with E-state index in [0.29, 0.717) is 6.42 Å². The van der Waals surface area contributed by atoms with Crippen molar-refractivity contribution in [1.29, 1.82) is 0 Å². The minimum Gasteiger partial charge on any atom is -1.00 e. The summed E-state index contributed by atoms with van der Waals surface area (Å²) in [5.74, 6) is -0.0867. The van der Waals surface area contributed by atoms with Crippen LogP contribution in [-0.4, -0.2) is 24.1 Å². The van der Waals surface area contributed by atoms with Crippen LogP contribution >= 0.6 is 15.9 Å². The van der Waals surface area contributed by atoms with Gasteiger partial charge in [0.1, 0.15) is 0 Å². The van der Waals surface area contributed by atoms with Gasteiger partial charge in [-0.3, -0.25) is 4.55 Å². The van der Waals surface area contributed by atoms with Crippen molar-refractivity contribution in [2.24, 2.45) is 0 Å². The summed E-state index contributed by atoms with van der Waals surface area (Å²) in [4.78, 5) is 0. The minimum absolute atomic E-state index is 0. The van der Waals surface area contributed by atoms with Crippen molar-refractivity contribution in [2.45, 2.75) is 51.4 Å². The SMILES string of the molecule is O=S(=O)(O)CCCCCCCCCCBr.[H-].[Na+]. The molecule has 0 heterocycles. The summed E-state index contributed by atoms with van der Waals surface area (Å²) in [6.45, 7) is 0. The molecule has 0 atom stereocenters. The summed E-state index contributed by atoms with van der Waals surface area (Å²) in [5, 5.41) is 1.08. The smallest absolute Gasteiger partial charge is 1.00 e. The predicted octanol–water partition coefficient (Wildman–Crippen LogP) is 0.506. The van der Waals surface area contributed by atoms with Gasteiger partial charge in [-0.25, -0.2) is 0 Å². The molecule has 0 bridgehead atoms. The van der Waals surface area contributed by atoms with Crippen molar-refractivity contribution >= 4 is 26.0 Å². The van der Waals surface area contributed by atoms with E-state index >= 15 is 0 Å². The molecule has 0 unspecified atom stereocenters. The number of hydrogen-bond acceptors (Lipinski definition) is 2.